The van der Waals surface area contributed by atoms with Gasteiger partial charge in [-0.3, -0.25) is 0 Å². The standard InChI is InChI=1S/C25H45N3O3/c1-22-10-8-19(31-15-5-14-26)16-18(22)6-7-21-20(22)9-11-23(2)24(29,17-27-28(3)4)12-13-25(21,23)30/h17-21,29-30H,5-16,26H2,1-4H3/b27-17+/t18-,19+,20+,21-,22+,23-,24+,25+/m1/s1. The van der Waals surface area contributed by atoms with Gasteiger partial charge < -0.3 is 25.7 Å². The van der Waals surface area contributed by atoms with Gasteiger partial charge in [-0.1, -0.05) is 13.8 Å². The van der Waals surface area contributed by atoms with E-state index >= 15 is 0 Å². The van der Waals surface area contributed by atoms with E-state index in [1.165, 1.54) is 6.42 Å². The Balaban J connectivity index is 1.53. The average molecular weight is 436 g/mol. The highest BCUT2D eigenvalue weighted by molar-refractivity contribution is 5.71. The normalized spacial score (nSPS) is 49.5. The number of aliphatic hydroxyl groups is 2. The van der Waals surface area contributed by atoms with Crippen molar-refractivity contribution in [3.05, 3.63) is 0 Å². The fourth-order valence-corrected chi connectivity index (χ4v) is 8.14. The Morgan fingerprint density at radius 1 is 1.03 bits per heavy atom. The lowest BCUT2D eigenvalue weighted by atomic mass is 9.43. The van der Waals surface area contributed by atoms with Gasteiger partial charge in [-0.15, -0.1) is 0 Å². The largest absolute Gasteiger partial charge is 0.389 e. The first-order valence-corrected chi connectivity index (χ1v) is 12.6. The highest BCUT2D eigenvalue weighted by Gasteiger charge is 2.71. The molecule has 0 aromatic carbocycles. The van der Waals surface area contributed by atoms with E-state index in [1.807, 2.05) is 14.1 Å². The summed E-state index contributed by atoms with van der Waals surface area (Å²) in [5.41, 5.74) is 3.51. The van der Waals surface area contributed by atoms with Gasteiger partial charge in [-0.25, -0.2) is 0 Å². The van der Waals surface area contributed by atoms with Gasteiger partial charge in [0, 0.05) is 26.1 Å². The zero-order valence-corrected chi connectivity index (χ0v) is 20.1. The lowest BCUT2D eigenvalue weighted by Crippen LogP contribution is -2.65. The molecule has 4 rings (SSSR count). The average Bonchev–Trinajstić information content (AvgIpc) is 2.94. The van der Waals surface area contributed by atoms with Crippen LogP contribution in [-0.2, 0) is 4.74 Å². The maximum Gasteiger partial charge on any atom is 0.110 e. The number of nitrogens with zero attached hydrogens (tertiary/aromatic N) is 2. The molecule has 0 saturated heterocycles. The Bertz CT molecular complexity index is 687. The summed E-state index contributed by atoms with van der Waals surface area (Å²) >= 11 is 0. The number of hydrazone groups is 1. The van der Waals surface area contributed by atoms with Crippen molar-refractivity contribution in [3.8, 4) is 0 Å². The first-order chi connectivity index (χ1) is 14.6. The molecule has 178 valence electrons. The summed E-state index contributed by atoms with van der Waals surface area (Å²) in [5.74, 6) is 1.47. The molecule has 8 atom stereocenters. The van der Waals surface area contributed by atoms with Crippen molar-refractivity contribution in [1.82, 2.24) is 5.01 Å². The van der Waals surface area contributed by atoms with Gasteiger partial charge in [0.15, 0.2) is 0 Å². The minimum Gasteiger partial charge on any atom is -0.389 e. The number of nitrogens with two attached hydrogens (primary N) is 1. The number of fused-ring (bicyclic) bond motifs is 5. The molecule has 6 nitrogen and oxygen atoms in total. The SMILES string of the molecule is CN(C)/N=C/[C@@]1(O)CC[C@]2(O)[C@@H]3CC[C@@H]4C[C@@H](OCCCN)CC[C@]4(C)[C@H]3CC[C@]12C. The molecular formula is C25H45N3O3. The number of hydrogen-bond donors (Lipinski definition) is 3. The molecule has 0 aromatic rings. The Hall–Kier alpha value is -0.690. The number of ether oxygens (including phenoxy) is 1. The topological polar surface area (TPSA) is 91.3 Å². The molecule has 0 amide bonds. The van der Waals surface area contributed by atoms with Crippen molar-refractivity contribution >= 4 is 6.21 Å². The molecule has 4 aliphatic rings. The van der Waals surface area contributed by atoms with Crippen molar-refractivity contribution in [2.24, 2.45) is 39.4 Å². The summed E-state index contributed by atoms with van der Waals surface area (Å²) in [6.07, 6.45) is 11.9. The van der Waals surface area contributed by atoms with Crippen molar-refractivity contribution < 1.29 is 14.9 Å². The van der Waals surface area contributed by atoms with E-state index in [0.29, 0.717) is 37.3 Å². The molecule has 0 unspecified atom stereocenters. The van der Waals surface area contributed by atoms with Crippen LogP contribution >= 0.6 is 0 Å². The van der Waals surface area contributed by atoms with Crippen LogP contribution in [0.2, 0.25) is 0 Å². The van der Waals surface area contributed by atoms with Crippen LogP contribution in [-0.4, -0.2) is 66.0 Å². The maximum atomic E-state index is 12.2. The Morgan fingerprint density at radius 2 is 1.81 bits per heavy atom. The summed E-state index contributed by atoms with van der Waals surface area (Å²) in [5, 5.41) is 29.9. The Morgan fingerprint density at radius 3 is 2.52 bits per heavy atom. The van der Waals surface area contributed by atoms with Crippen LogP contribution in [0.15, 0.2) is 5.10 Å². The fourth-order valence-electron chi connectivity index (χ4n) is 8.14. The highest BCUT2D eigenvalue weighted by Crippen LogP contribution is 2.69. The molecule has 0 radical (unpaired) electrons. The van der Waals surface area contributed by atoms with E-state index in [2.05, 4.69) is 18.9 Å². The van der Waals surface area contributed by atoms with E-state index in [1.54, 1.807) is 11.2 Å². The van der Waals surface area contributed by atoms with Crippen LogP contribution < -0.4 is 5.73 Å². The van der Waals surface area contributed by atoms with E-state index in [9.17, 15) is 10.2 Å². The van der Waals surface area contributed by atoms with E-state index < -0.39 is 16.6 Å². The fraction of sp³-hybridized carbons (Fsp3) is 0.960. The number of rotatable bonds is 6. The molecule has 31 heavy (non-hydrogen) atoms. The smallest absolute Gasteiger partial charge is 0.110 e. The van der Waals surface area contributed by atoms with Crippen molar-refractivity contribution in [3.63, 3.8) is 0 Å². The second-order valence-electron chi connectivity index (χ2n) is 11.7. The third-order valence-corrected chi connectivity index (χ3v) is 10.2. The van der Waals surface area contributed by atoms with Gasteiger partial charge in [-0.2, -0.15) is 5.10 Å². The summed E-state index contributed by atoms with van der Waals surface area (Å²) < 4.78 is 6.15. The third-order valence-electron chi connectivity index (χ3n) is 10.2. The predicted octanol–water partition coefficient (Wildman–Crippen LogP) is 3.16. The van der Waals surface area contributed by atoms with Crippen molar-refractivity contribution in [2.75, 3.05) is 27.2 Å². The zero-order chi connectivity index (χ0) is 22.5. The minimum absolute atomic E-state index is 0.268. The molecule has 4 N–H and O–H groups in total. The van der Waals surface area contributed by atoms with Gasteiger partial charge in [0.05, 0.1) is 17.9 Å². The van der Waals surface area contributed by atoms with Crippen molar-refractivity contribution in [1.29, 1.82) is 0 Å². The van der Waals surface area contributed by atoms with Crippen LogP contribution in [0.1, 0.15) is 78.1 Å². The van der Waals surface area contributed by atoms with Crippen LogP contribution in [0.25, 0.3) is 0 Å². The van der Waals surface area contributed by atoms with Crippen LogP contribution in [0.4, 0.5) is 0 Å². The van der Waals surface area contributed by atoms with E-state index in [-0.39, 0.29) is 11.3 Å². The first kappa shape index (κ1) is 23.5. The molecule has 4 fully saturated rings. The summed E-state index contributed by atoms with van der Waals surface area (Å²) in [6.45, 7) is 6.09. The maximum absolute atomic E-state index is 12.2. The summed E-state index contributed by atoms with van der Waals surface area (Å²) in [4.78, 5) is 0. The van der Waals surface area contributed by atoms with Gasteiger partial charge >= 0.3 is 0 Å². The molecular weight excluding hydrogens is 390 g/mol. The molecule has 4 saturated carbocycles. The molecule has 0 aliphatic heterocycles. The van der Waals surface area contributed by atoms with Gasteiger partial charge in [0.25, 0.3) is 0 Å². The lowest BCUT2D eigenvalue weighted by molar-refractivity contribution is -0.225. The molecule has 0 heterocycles. The zero-order valence-electron chi connectivity index (χ0n) is 20.1. The Kier molecular flexibility index (Phi) is 6.26. The third kappa shape index (κ3) is 3.56. The Labute approximate surface area is 188 Å². The van der Waals surface area contributed by atoms with E-state index in [4.69, 9.17) is 10.5 Å². The highest BCUT2D eigenvalue weighted by atomic mass is 16.5. The quantitative estimate of drug-likeness (QED) is 0.339. The molecule has 6 heteroatoms. The van der Waals surface area contributed by atoms with Gasteiger partial charge in [-0.05, 0) is 93.9 Å². The molecule has 0 aromatic heterocycles. The second-order valence-corrected chi connectivity index (χ2v) is 11.7. The van der Waals surface area contributed by atoms with Crippen LogP contribution in [0.3, 0.4) is 0 Å². The lowest BCUT2D eigenvalue weighted by Gasteiger charge is -2.64. The van der Waals surface area contributed by atoms with Crippen LogP contribution in [0, 0.1) is 28.6 Å². The molecule has 0 spiro atoms. The second kappa shape index (κ2) is 8.27. The monoisotopic (exact) mass is 435 g/mol. The van der Waals surface area contributed by atoms with E-state index in [0.717, 1.165) is 51.6 Å². The van der Waals surface area contributed by atoms with Gasteiger partial charge in [0.1, 0.15) is 5.60 Å². The first-order valence-electron chi connectivity index (χ1n) is 12.6. The van der Waals surface area contributed by atoms with Crippen LogP contribution in [0.5, 0.6) is 0 Å². The van der Waals surface area contributed by atoms with Crippen molar-refractivity contribution in [2.45, 2.75) is 95.4 Å². The summed E-state index contributed by atoms with van der Waals surface area (Å²) in [7, 11) is 3.75. The predicted molar refractivity (Wildman–Crippen MR) is 124 cm³/mol. The minimum atomic E-state index is -1.04. The molecule has 0 bridgehead atoms. The van der Waals surface area contributed by atoms with Gasteiger partial charge in [0.2, 0.25) is 0 Å². The molecule has 4 aliphatic carbocycles. The summed E-state index contributed by atoms with van der Waals surface area (Å²) in [6, 6.07) is 0. The number of hydrogen-bond acceptors (Lipinski definition) is 6.